The van der Waals surface area contributed by atoms with Crippen LogP contribution in [-0.2, 0) is 27.0 Å². The number of hydrogen-bond donors (Lipinski definition) is 4. The zero-order valence-electron chi connectivity index (χ0n) is 19.3. The molecule has 2 aromatic rings. The SMILES string of the molecule is C=C(/C=N\C=C/N)C(=O)N[C@@]1(C(=O)NCc2ccc(Nc3ccccc3C(F)(F)F)cc2)CCOC1. The van der Waals surface area contributed by atoms with Crippen LogP contribution in [0.25, 0.3) is 0 Å². The number of nitrogens with zero attached hydrogens (tertiary/aromatic N) is 1. The highest BCUT2D eigenvalue weighted by atomic mass is 19.4. The summed E-state index contributed by atoms with van der Waals surface area (Å²) in [5.74, 6) is -0.999. The second-order valence-electron chi connectivity index (χ2n) is 8.03. The van der Waals surface area contributed by atoms with Gasteiger partial charge in [-0.05, 0) is 29.8 Å². The van der Waals surface area contributed by atoms with Crippen LogP contribution in [0.3, 0.4) is 0 Å². The molecule has 190 valence electrons. The summed E-state index contributed by atoms with van der Waals surface area (Å²) in [5, 5.41) is 8.24. The molecule has 2 amide bonds. The average Bonchev–Trinajstić information content (AvgIpc) is 3.33. The molecule has 8 nitrogen and oxygen atoms in total. The number of hydrogen-bond acceptors (Lipinski definition) is 6. The van der Waals surface area contributed by atoms with Crippen molar-refractivity contribution in [1.29, 1.82) is 0 Å². The first-order valence-corrected chi connectivity index (χ1v) is 10.9. The molecule has 1 aliphatic rings. The molecular weight excluding hydrogens is 475 g/mol. The quantitative estimate of drug-likeness (QED) is 0.310. The number of aliphatic imine (C=N–C) groups is 1. The molecule has 1 heterocycles. The molecule has 0 unspecified atom stereocenters. The molecule has 0 saturated carbocycles. The molecule has 0 aliphatic carbocycles. The van der Waals surface area contributed by atoms with Crippen molar-refractivity contribution in [3.63, 3.8) is 0 Å². The first kappa shape index (κ1) is 26.5. The Kier molecular flexibility index (Phi) is 8.49. The lowest BCUT2D eigenvalue weighted by Crippen LogP contribution is -2.59. The lowest BCUT2D eigenvalue weighted by molar-refractivity contribution is -0.137. The van der Waals surface area contributed by atoms with E-state index in [1.807, 2.05) is 0 Å². The second-order valence-corrected chi connectivity index (χ2v) is 8.03. The van der Waals surface area contributed by atoms with Crippen LogP contribution in [0.2, 0.25) is 0 Å². The maximum absolute atomic E-state index is 13.2. The first-order valence-electron chi connectivity index (χ1n) is 10.9. The van der Waals surface area contributed by atoms with E-state index >= 15 is 0 Å². The Bertz CT molecular complexity index is 1150. The number of anilines is 2. The third kappa shape index (κ3) is 6.72. The molecule has 1 aliphatic heterocycles. The topological polar surface area (TPSA) is 118 Å². The van der Waals surface area contributed by atoms with Crippen molar-refractivity contribution < 1.29 is 27.5 Å². The molecule has 1 saturated heterocycles. The molecule has 5 N–H and O–H groups in total. The Morgan fingerprint density at radius 2 is 1.89 bits per heavy atom. The molecule has 0 radical (unpaired) electrons. The van der Waals surface area contributed by atoms with Crippen molar-refractivity contribution in [2.45, 2.75) is 24.7 Å². The van der Waals surface area contributed by atoms with Crippen molar-refractivity contribution >= 4 is 29.4 Å². The van der Waals surface area contributed by atoms with E-state index in [1.54, 1.807) is 24.3 Å². The van der Waals surface area contributed by atoms with Crippen LogP contribution in [0.5, 0.6) is 0 Å². The van der Waals surface area contributed by atoms with Gasteiger partial charge in [-0.25, -0.2) is 0 Å². The van der Waals surface area contributed by atoms with E-state index in [9.17, 15) is 22.8 Å². The van der Waals surface area contributed by atoms with E-state index < -0.39 is 29.1 Å². The van der Waals surface area contributed by atoms with E-state index in [1.165, 1.54) is 36.8 Å². The second kappa shape index (κ2) is 11.5. The van der Waals surface area contributed by atoms with E-state index in [0.717, 1.165) is 6.07 Å². The molecule has 0 bridgehead atoms. The third-order valence-electron chi connectivity index (χ3n) is 5.42. The van der Waals surface area contributed by atoms with Crippen molar-refractivity contribution in [2.75, 3.05) is 18.5 Å². The Morgan fingerprint density at radius 3 is 2.53 bits per heavy atom. The Hall–Kier alpha value is -4.12. The minimum Gasteiger partial charge on any atom is -0.403 e. The fourth-order valence-electron chi connectivity index (χ4n) is 3.49. The standard InChI is InChI=1S/C25H26F3N5O3/c1-17(14-30-12-11-29)22(34)33-24(10-13-36-16-24)23(35)31-15-18-6-8-19(9-7-18)32-21-5-3-2-4-20(21)25(26,27)28/h2-9,11-12,14,32H,1,10,13,15-16,29H2,(H,31,35)(H,33,34)/b12-11-,30-14-/t24-/m0/s1. The molecule has 11 heteroatoms. The van der Waals surface area contributed by atoms with Gasteiger partial charge in [0, 0.05) is 43.9 Å². The maximum Gasteiger partial charge on any atom is 0.418 e. The number of alkyl halides is 3. The smallest absolute Gasteiger partial charge is 0.403 e. The zero-order valence-corrected chi connectivity index (χ0v) is 19.3. The molecule has 3 rings (SSSR count). The van der Waals surface area contributed by atoms with Gasteiger partial charge in [0.2, 0.25) is 5.91 Å². The normalized spacial score (nSPS) is 17.9. The number of rotatable bonds is 9. The summed E-state index contributed by atoms with van der Waals surface area (Å²) in [5.41, 5.74) is 4.31. The summed E-state index contributed by atoms with van der Waals surface area (Å²) in [6.07, 6.45) is -0.493. The Morgan fingerprint density at radius 1 is 1.17 bits per heavy atom. The highest BCUT2D eigenvalue weighted by molar-refractivity contribution is 6.13. The molecule has 0 aromatic heterocycles. The van der Waals surface area contributed by atoms with E-state index in [0.29, 0.717) is 17.9 Å². The monoisotopic (exact) mass is 501 g/mol. The third-order valence-corrected chi connectivity index (χ3v) is 5.42. The van der Waals surface area contributed by atoms with Crippen LogP contribution in [0.4, 0.5) is 24.5 Å². The van der Waals surface area contributed by atoms with E-state index in [4.69, 9.17) is 10.5 Å². The number of nitrogens with one attached hydrogen (secondary N) is 3. The predicted octanol–water partition coefficient (Wildman–Crippen LogP) is 3.40. The van der Waals surface area contributed by atoms with Crippen molar-refractivity contribution in [3.8, 4) is 0 Å². The van der Waals surface area contributed by atoms with Gasteiger partial charge in [0.25, 0.3) is 5.91 Å². The van der Waals surface area contributed by atoms with E-state index in [-0.39, 0.29) is 30.8 Å². The number of halogens is 3. The number of para-hydroxylation sites is 1. The fraction of sp³-hybridized carbons (Fsp3) is 0.240. The summed E-state index contributed by atoms with van der Waals surface area (Å²) in [6.45, 7) is 4.07. The zero-order chi connectivity index (χ0) is 26.2. The highest BCUT2D eigenvalue weighted by Crippen LogP contribution is 2.35. The number of carbonyl (C=O) groups excluding carboxylic acids is 2. The lowest BCUT2D eigenvalue weighted by Gasteiger charge is -2.27. The van der Waals surface area contributed by atoms with E-state index in [2.05, 4.69) is 27.5 Å². The molecule has 1 fully saturated rings. The van der Waals surface area contributed by atoms with Gasteiger partial charge in [-0.2, -0.15) is 13.2 Å². The number of amides is 2. The number of ether oxygens (including phenoxy) is 1. The minimum absolute atomic E-state index is 0.000822. The predicted molar refractivity (Wildman–Crippen MR) is 130 cm³/mol. The van der Waals surface area contributed by atoms with Gasteiger partial charge in [-0.3, -0.25) is 14.6 Å². The first-order chi connectivity index (χ1) is 17.1. The van der Waals surface area contributed by atoms with Gasteiger partial charge in [0.15, 0.2) is 0 Å². The van der Waals surface area contributed by atoms with Gasteiger partial charge in [0.05, 0.1) is 23.4 Å². The van der Waals surface area contributed by atoms with Crippen LogP contribution in [-0.4, -0.2) is 36.8 Å². The van der Waals surface area contributed by atoms with Crippen LogP contribution in [0.1, 0.15) is 17.5 Å². The average molecular weight is 502 g/mol. The summed E-state index contributed by atoms with van der Waals surface area (Å²) in [4.78, 5) is 29.3. The van der Waals surface area contributed by atoms with Gasteiger partial charge in [-0.15, -0.1) is 0 Å². The summed E-state index contributed by atoms with van der Waals surface area (Å²) in [7, 11) is 0. The number of benzene rings is 2. The van der Waals surface area contributed by atoms with Crippen molar-refractivity contribution in [1.82, 2.24) is 10.6 Å². The van der Waals surface area contributed by atoms with Gasteiger partial charge < -0.3 is 26.4 Å². The largest absolute Gasteiger partial charge is 0.418 e. The van der Waals surface area contributed by atoms with Crippen LogP contribution in [0, 0.1) is 0 Å². The molecule has 2 aromatic carbocycles. The Balaban J connectivity index is 1.62. The lowest BCUT2D eigenvalue weighted by atomic mass is 9.96. The molecule has 0 spiro atoms. The summed E-state index contributed by atoms with van der Waals surface area (Å²) < 4.78 is 45.0. The molecular formula is C25H26F3N5O3. The minimum atomic E-state index is -4.48. The number of carbonyl (C=O) groups is 2. The van der Waals surface area contributed by atoms with Crippen LogP contribution >= 0.6 is 0 Å². The number of nitrogens with two attached hydrogens (primary N) is 1. The Labute approximate surface area is 206 Å². The van der Waals surface area contributed by atoms with Crippen LogP contribution < -0.4 is 21.7 Å². The van der Waals surface area contributed by atoms with Gasteiger partial charge in [0.1, 0.15) is 5.54 Å². The van der Waals surface area contributed by atoms with Crippen molar-refractivity contribution in [2.24, 2.45) is 10.7 Å². The molecule has 1 atom stereocenters. The van der Waals surface area contributed by atoms with Crippen molar-refractivity contribution in [3.05, 3.63) is 84.2 Å². The van der Waals surface area contributed by atoms with Gasteiger partial charge >= 0.3 is 6.18 Å². The molecule has 36 heavy (non-hydrogen) atoms. The highest BCUT2D eigenvalue weighted by Gasteiger charge is 2.43. The van der Waals surface area contributed by atoms with Gasteiger partial charge in [-0.1, -0.05) is 30.8 Å². The summed E-state index contributed by atoms with van der Waals surface area (Å²) >= 11 is 0. The summed E-state index contributed by atoms with van der Waals surface area (Å²) in [6, 6.07) is 11.8. The maximum atomic E-state index is 13.2. The fourth-order valence-corrected chi connectivity index (χ4v) is 3.49. The van der Waals surface area contributed by atoms with Crippen LogP contribution in [0.15, 0.2) is 78.1 Å².